The van der Waals surface area contributed by atoms with Crippen LogP contribution in [0.15, 0.2) is 95.9 Å². The smallest absolute Gasteiger partial charge is 0.410 e. The molecule has 1 N–H and O–H groups in total. The van der Waals surface area contributed by atoms with Gasteiger partial charge in [-0.25, -0.2) is 4.79 Å². The minimum absolute atomic E-state index is 0.0934. The number of likely N-dealkylation sites (N-methyl/N-ethyl adjacent to an activating group) is 1. The Kier molecular flexibility index (Phi) is 6.59. The van der Waals surface area contributed by atoms with Crippen LogP contribution in [0.3, 0.4) is 0 Å². The zero-order chi connectivity index (χ0) is 30.8. The first-order valence-electron chi connectivity index (χ1n) is 15.1. The van der Waals surface area contributed by atoms with Crippen LogP contribution in [0.5, 0.6) is 5.75 Å². The Morgan fingerprint density at radius 2 is 1.50 bits per heavy atom. The van der Waals surface area contributed by atoms with Gasteiger partial charge in [-0.2, -0.15) is 0 Å². The van der Waals surface area contributed by atoms with Gasteiger partial charge < -0.3 is 24.5 Å². The van der Waals surface area contributed by atoms with Crippen molar-refractivity contribution in [2.24, 2.45) is 5.41 Å². The second-order valence-corrected chi connectivity index (χ2v) is 13.2. The van der Waals surface area contributed by atoms with Crippen LogP contribution in [0.25, 0.3) is 11.1 Å². The van der Waals surface area contributed by atoms with Crippen LogP contribution in [0, 0.1) is 5.41 Å². The molecular weight excluding hydrogens is 554 g/mol. The van der Waals surface area contributed by atoms with Crippen molar-refractivity contribution in [1.29, 1.82) is 0 Å². The quantitative estimate of drug-likeness (QED) is 0.339. The van der Waals surface area contributed by atoms with E-state index in [1.54, 1.807) is 11.1 Å². The lowest BCUT2D eigenvalue weighted by Gasteiger charge is -2.62. The number of rotatable bonds is 4. The fourth-order valence-electron chi connectivity index (χ4n) is 7.43. The summed E-state index contributed by atoms with van der Waals surface area (Å²) in [5, 5.41) is 14.6. The molecule has 44 heavy (non-hydrogen) atoms. The first-order valence-corrected chi connectivity index (χ1v) is 15.1. The highest BCUT2D eigenvalue weighted by Crippen LogP contribution is 2.58. The van der Waals surface area contributed by atoms with Crippen LogP contribution in [-0.4, -0.2) is 52.6 Å². The molecule has 4 aromatic rings. The molecular formula is C36H37N3O5. The molecule has 2 unspecified atom stereocenters. The molecule has 0 radical (unpaired) electrons. The number of pyridine rings is 1. The van der Waals surface area contributed by atoms with Crippen molar-refractivity contribution in [3.05, 3.63) is 124 Å². The van der Waals surface area contributed by atoms with Gasteiger partial charge >= 0.3 is 6.09 Å². The maximum absolute atomic E-state index is 13.3. The maximum atomic E-state index is 13.3. The zero-order valence-electron chi connectivity index (χ0n) is 25.4. The summed E-state index contributed by atoms with van der Waals surface area (Å²) in [4.78, 5) is 28.2. The lowest BCUT2D eigenvalue weighted by Crippen LogP contribution is -2.74. The highest BCUT2D eigenvalue weighted by atomic mass is 16.6. The Morgan fingerprint density at radius 3 is 2.11 bits per heavy atom. The number of carbonyl (C=O) groups is 1. The van der Waals surface area contributed by atoms with Crippen LogP contribution in [0.2, 0.25) is 0 Å². The third-order valence-electron chi connectivity index (χ3n) is 9.25. The van der Waals surface area contributed by atoms with Gasteiger partial charge in [0.1, 0.15) is 24.0 Å². The van der Waals surface area contributed by atoms with Gasteiger partial charge in [0.25, 0.3) is 0 Å². The van der Waals surface area contributed by atoms with Crippen molar-refractivity contribution in [2.45, 2.75) is 51.0 Å². The Balaban J connectivity index is 1.36. The monoisotopic (exact) mass is 591 g/mol. The van der Waals surface area contributed by atoms with Crippen molar-refractivity contribution >= 4 is 6.09 Å². The van der Waals surface area contributed by atoms with Crippen molar-refractivity contribution < 1.29 is 19.4 Å². The van der Waals surface area contributed by atoms with Gasteiger partial charge in [-0.15, -0.1) is 0 Å². The van der Waals surface area contributed by atoms with E-state index in [-0.39, 0.29) is 42.8 Å². The molecule has 226 valence electrons. The average Bonchev–Trinajstić information content (AvgIpc) is 3.30. The standard InChI is InChI=1S/C36H37N3O5/c1-35(2,3)44-34(42)38-21-36(22-38)32(29-26-16-10-8-14-24(26)25-15-9-11-17-27(25)29)37(4)39-19-18-28(40)31(30(39)33(36)41)43-20-23-12-6-5-7-13-23/h5-19,29,32-33,41H,20-22H2,1-4H3. The number of ether oxygens (including phenoxy) is 2. The summed E-state index contributed by atoms with van der Waals surface area (Å²) in [5.74, 6) is 0.0283. The van der Waals surface area contributed by atoms with E-state index >= 15 is 0 Å². The number of aliphatic hydroxyl groups excluding tert-OH is 1. The maximum Gasteiger partial charge on any atom is 0.410 e. The average molecular weight is 592 g/mol. The van der Waals surface area contributed by atoms with E-state index in [1.165, 1.54) is 28.3 Å². The second kappa shape index (κ2) is 10.3. The highest BCUT2D eigenvalue weighted by molar-refractivity contribution is 5.80. The molecule has 1 saturated heterocycles. The summed E-state index contributed by atoms with van der Waals surface area (Å²) in [5.41, 5.74) is 4.25. The Hall–Kier alpha value is -4.56. The highest BCUT2D eigenvalue weighted by Gasteiger charge is 2.64. The summed E-state index contributed by atoms with van der Waals surface area (Å²) >= 11 is 0. The molecule has 2 aliphatic heterocycles. The van der Waals surface area contributed by atoms with Crippen LogP contribution in [0.1, 0.15) is 55.2 Å². The Morgan fingerprint density at radius 1 is 0.909 bits per heavy atom. The molecule has 1 aliphatic carbocycles. The number of amides is 1. The Bertz CT molecular complexity index is 1740. The van der Waals surface area contributed by atoms with Crippen LogP contribution < -0.4 is 15.2 Å². The summed E-state index contributed by atoms with van der Waals surface area (Å²) in [6, 6.07) is 27.7. The van der Waals surface area contributed by atoms with Crippen LogP contribution >= 0.6 is 0 Å². The first-order chi connectivity index (χ1) is 21.1. The van der Waals surface area contributed by atoms with Crippen LogP contribution in [0.4, 0.5) is 4.79 Å². The van der Waals surface area contributed by atoms with E-state index < -0.39 is 23.2 Å². The molecule has 3 aromatic carbocycles. The number of nitrogens with zero attached hydrogens (tertiary/aromatic N) is 3. The van der Waals surface area contributed by atoms with Crippen LogP contribution in [-0.2, 0) is 11.3 Å². The van der Waals surface area contributed by atoms with E-state index in [9.17, 15) is 14.7 Å². The molecule has 8 heteroatoms. The number of aromatic nitrogens is 1. The molecule has 0 bridgehead atoms. The lowest BCUT2D eigenvalue weighted by molar-refractivity contribution is -0.128. The van der Waals surface area contributed by atoms with Gasteiger partial charge in [0, 0.05) is 38.3 Å². The summed E-state index contributed by atoms with van der Waals surface area (Å²) in [6.45, 7) is 6.25. The first kappa shape index (κ1) is 28.2. The van der Waals surface area contributed by atoms with Gasteiger partial charge in [-0.3, -0.25) is 9.47 Å². The van der Waals surface area contributed by atoms with Gasteiger partial charge in [0.15, 0.2) is 5.75 Å². The topological polar surface area (TPSA) is 84.2 Å². The van der Waals surface area contributed by atoms with Crippen molar-refractivity contribution in [1.82, 2.24) is 9.58 Å². The number of fused-ring (bicyclic) bond motifs is 4. The van der Waals surface area contributed by atoms with E-state index in [0.717, 1.165) is 5.56 Å². The van der Waals surface area contributed by atoms with Crippen molar-refractivity contribution in [3.8, 4) is 16.9 Å². The largest absolute Gasteiger partial charge is 0.483 e. The molecule has 8 nitrogen and oxygen atoms in total. The number of hydrogen-bond acceptors (Lipinski definition) is 6. The van der Waals surface area contributed by atoms with E-state index in [1.807, 2.05) is 62.8 Å². The summed E-state index contributed by atoms with van der Waals surface area (Å²) < 4.78 is 13.8. The predicted octanol–water partition coefficient (Wildman–Crippen LogP) is 5.46. The van der Waals surface area contributed by atoms with Crippen molar-refractivity contribution in [3.63, 3.8) is 0 Å². The zero-order valence-corrected chi connectivity index (χ0v) is 25.4. The molecule has 1 fully saturated rings. The normalized spacial score (nSPS) is 20.0. The molecule has 3 aliphatic rings. The van der Waals surface area contributed by atoms with Crippen molar-refractivity contribution in [2.75, 3.05) is 25.1 Å². The number of carbonyl (C=O) groups excluding carboxylic acids is 1. The van der Waals surface area contributed by atoms with Gasteiger partial charge in [0.05, 0.1) is 11.5 Å². The molecule has 2 atom stereocenters. The second-order valence-electron chi connectivity index (χ2n) is 13.2. The molecule has 3 heterocycles. The molecule has 1 aromatic heterocycles. The number of aliphatic hydroxyl groups is 1. The SMILES string of the molecule is CN1C(C2c3ccccc3-c3ccccc32)C2(CN(C(=O)OC(C)(C)C)C2)C(O)c2c(OCc3ccccc3)c(=O)ccn21. The minimum Gasteiger partial charge on any atom is -0.483 e. The molecule has 0 saturated carbocycles. The molecule has 1 spiro atoms. The third kappa shape index (κ3) is 4.39. The third-order valence-corrected chi connectivity index (χ3v) is 9.25. The van der Waals surface area contributed by atoms with E-state index in [4.69, 9.17) is 9.47 Å². The fourth-order valence-corrected chi connectivity index (χ4v) is 7.43. The number of likely N-dealkylation sites (tertiary alicyclic amines) is 1. The lowest BCUT2D eigenvalue weighted by atomic mass is 9.61. The summed E-state index contributed by atoms with van der Waals surface area (Å²) in [6.07, 6.45) is 0.204. The predicted molar refractivity (Wildman–Crippen MR) is 168 cm³/mol. The van der Waals surface area contributed by atoms with Gasteiger partial charge in [0.2, 0.25) is 5.43 Å². The van der Waals surface area contributed by atoms with E-state index in [0.29, 0.717) is 5.69 Å². The van der Waals surface area contributed by atoms with E-state index in [2.05, 4.69) is 53.5 Å². The van der Waals surface area contributed by atoms with Gasteiger partial charge in [-0.05, 0) is 48.6 Å². The minimum atomic E-state index is -1.10. The summed E-state index contributed by atoms with van der Waals surface area (Å²) in [7, 11) is 1.99. The molecule has 1 amide bonds. The fraction of sp³-hybridized carbons (Fsp3) is 0.333. The van der Waals surface area contributed by atoms with Gasteiger partial charge in [-0.1, -0.05) is 78.9 Å². The number of hydrogen-bond donors (Lipinski definition) is 1. The molecule has 7 rings (SSSR count). The Labute approximate surface area is 257 Å². The number of benzene rings is 3.